The molecule has 1 aliphatic rings. The maximum absolute atomic E-state index is 15.3. The van der Waals surface area contributed by atoms with Crippen LogP contribution in [0.1, 0.15) is 21.5 Å². The molecule has 5 rings (SSSR count). The lowest BCUT2D eigenvalue weighted by molar-refractivity contribution is 0.102. The summed E-state index contributed by atoms with van der Waals surface area (Å²) in [6.07, 6.45) is 1.43. The first-order valence-corrected chi connectivity index (χ1v) is 12.2. The monoisotopic (exact) mass is 524 g/mol. The van der Waals surface area contributed by atoms with Crippen LogP contribution in [0.4, 0.5) is 10.1 Å². The number of methoxy groups -OCH3 is 1. The number of nitrogens with zero attached hydrogens (tertiary/aromatic N) is 3. The molecule has 0 unspecified atom stereocenters. The summed E-state index contributed by atoms with van der Waals surface area (Å²) in [7, 11) is 1.48. The van der Waals surface area contributed by atoms with Gasteiger partial charge >= 0.3 is 0 Å². The Balaban J connectivity index is 1.26. The van der Waals surface area contributed by atoms with E-state index in [1.54, 1.807) is 6.07 Å². The average Bonchev–Trinajstić information content (AvgIpc) is 3.32. The number of fused-ring (bicyclic) bond motifs is 1. The van der Waals surface area contributed by atoms with Crippen LogP contribution in [0.15, 0.2) is 48.7 Å². The van der Waals surface area contributed by atoms with Gasteiger partial charge in [-0.3, -0.25) is 14.8 Å². The molecule has 0 bridgehead atoms. The lowest BCUT2D eigenvalue weighted by Gasteiger charge is -2.27. The fourth-order valence-electron chi connectivity index (χ4n) is 4.18. The van der Waals surface area contributed by atoms with Gasteiger partial charge in [-0.05, 0) is 29.3 Å². The van der Waals surface area contributed by atoms with Crippen LogP contribution >= 0.6 is 11.6 Å². The minimum atomic E-state index is -0.838. The Kier molecular flexibility index (Phi) is 7.50. The van der Waals surface area contributed by atoms with Crippen molar-refractivity contribution in [3.8, 4) is 11.6 Å². The molecule has 3 N–H and O–H groups in total. The van der Waals surface area contributed by atoms with Gasteiger partial charge in [0.05, 0.1) is 35.0 Å². The summed E-state index contributed by atoms with van der Waals surface area (Å²) < 4.78 is 26.2. The number of benzene rings is 2. The fourth-order valence-corrected chi connectivity index (χ4v) is 4.41. The molecule has 0 saturated carbocycles. The van der Waals surface area contributed by atoms with Crippen molar-refractivity contribution in [2.24, 2.45) is 0 Å². The van der Waals surface area contributed by atoms with Crippen molar-refractivity contribution >= 4 is 34.2 Å². The van der Waals surface area contributed by atoms with E-state index in [2.05, 4.69) is 42.8 Å². The molecule has 2 aromatic carbocycles. The second-order valence-corrected chi connectivity index (χ2v) is 9.08. The second kappa shape index (κ2) is 11.1. The number of nitrogens with one attached hydrogen (secondary N) is 3. The van der Waals surface area contributed by atoms with Crippen molar-refractivity contribution in [1.29, 1.82) is 0 Å². The highest BCUT2D eigenvalue weighted by Gasteiger charge is 2.21. The van der Waals surface area contributed by atoms with E-state index in [0.29, 0.717) is 22.6 Å². The van der Waals surface area contributed by atoms with Gasteiger partial charge in [0.25, 0.3) is 5.91 Å². The molecule has 1 saturated heterocycles. The van der Waals surface area contributed by atoms with E-state index in [1.807, 2.05) is 12.1 Å². The van der Waals surface area contributed by atoms with E-state index >= 15 is 4.39 Å². The molecular formula is C26H26ClFN6O3. The standard InChI is InChI=1S/C26H26ClFN6O3/c1-36-26-19-12-18(13-30-24(19)32-33-26)31-25(35)22-20(27)6-7-21(23(22)28)37-15-17-4-2-16(3-5-17)14-34-10-8-29-9-11-34/h2-7,12-13,29H,8-11,14-15H2,1H3,(H,31,35)(H,30,32,33). The zero-order valence-corrected chi connectivity index (χ0v) is 20.9. The van der Waals surface area contributed by atoms with Crippen LogP contribution in [-0.4, -0.2) is 59.3 Å². The lowest BCUT2D eigenvalue weighted by Crippen LogP contribution is -2.42. The van der Waals surface area contributed by atoms with E-state index < -0.39 is 11.7 Å². The van der Waals surface area contributed by atoms with Gasteiger partial charge in [0.1, 0.15) is 6.61 Å². The number of ether oxygens (including phenoxy) is 2. The number of amides is 1. The molecule has 0 spiro atoms. The third-order valence-corrected chi connectivity index (χ3v) is 6.46. The largest absolute Gasteiger partial charge is 0.486 e. The molecule has 11 heteroatoms. The smallest absolute Gasteiger partial charge is 0.260 e. The van der Waals surface area contributed by atoms with Crippen LogP contribution in [0.3, 0.4) is 0 Å². The summed E-state index contributed by atoms with van der Waals surface area (Å²) in [5, 5.41) is 13.2. The predicted octanol–water partition coefficient (Wildman–Crippen LogP) is 4.00. The summed E-state index contributed by atoms with van der Waals surface area (Å²) in [5.74, 6) is -1.30. The van der Waals surface area contributed by atoms with Gasteiger partial charge in [-0.15, -0.1) is 5.10 Å². The van der Waals surface area contributed by atoms with Gasteiger partial charge in [0.2, 0.25) is 5.88 Å². The second-order valence-electron chi connectivity index (χ2n) is 8.67. The fraction of sp³-hybridized carbons (Fsp3) is 0.269. The first-order chi connectivity index (χ1) is 18.0. The Morgan fingerprint density at radius 1 is 1.16 bits per heavy atom. The van der Waals surface area contributed by atoms with Gasteiger partial charge in [-0.25, -0.2) is 9.37 Å². The highest BCUT2D eigenvalue weighted by atomic mass is 35.5. The van der Waals surface area contributed by atoms with E-state index in [0.717, 1.165) is 38.3 Å². The highest BCUT2D eigenvalue weighted by molar-refractivity contribution is 6.34. The topological polar surface area (TPSA) is 104 Å². The maximum atomic E-state index is 15.3. The Bertz CT molecular complexity index is 1410. The number of H-pyrrole nitrogens is 1. The van der Waals surface area contributed by atoms with Crippen molar-refractivity contribution < 1.29 is 18.7 Å². The molecule has 0 aliphatic carbocycles. The first-order valence-electron chi connectivity index (χ1n) is 11.8. The molecule has 192 valence electrons. The molecule has 1 aliphatic heterocycles. The predicted molar refractivity (Wildman–Crippen MR) is 139 cm³/mol. The van der Waals surface area contributed by atoms with Crippen molar-refractivity contribution in [1.82, 2.24) is 25.4 Å². The molecule has 1 amide bonds. The number of rotatable bonds is 8. The van der Waals surface area contributed by atoms with Crippen molar-refractivity contribution in [3.63, 3.8) is 0 Å². The van der Waals surface area contributed by atoms with Crippen LogP contribution < -0.4 is 20.1 Å². The molecule has 37 heavy (non-hydrogen) atoms. The number of hydrogen-bond donors (Lipinski definition) is 3. The van der Waals surface area contributed by atoms with Crippen LogP contribution in [0.25, 0.3) is 11.0 Å². The molecule has 3 heterocycles. The number of pyridine rings is 1. The number of hydrogen-bond acceptors (Lipinski definition) is 7. The first kappa shape index (κ1) is 24.9. The zero-order chi connectivity index (χ0) is 25.8. The molecule has 0 radical (unpaired) electrons. The number of anilines is 1. The van der Waals surface area contributed by atoms with Crippen LogP contribution in [0.2, 0.25) is 5.02 Å². The number of halogens is 2. The summed E-state index contributed by atoms with van der Waals surface area (Å²) in [5.41, 5.74) is 2.61. The summed E-state index contributed by atoms with van der Waals surface area (Å²) in [4.78, 5) is 19.5. The van der Waals surface area contributed by atoms with Gasteiger partial charge in [0, 0.05) is 32.7 Å². The van der Waals surface area contributed by atoms with Gasteiger partial charge in [-0.1, -0.05) is 35.9 Å². The summed E-state index contributed by atoms with van der Waals surface area (Å²) in [6, 6.07) is 12.5. The number of carbonyl (C=O) groups excluding carboxylic acids is 1. The SMILES string of the molecule is COc1n[nH]c2ncc(NC(=O)c3c(Cl)ccc(OCc4ccc(CN5CCNCC5)cc4)c3F)cc12. The van der Waals surface area contributed by atoms with Gasteiger partial charge in [0.15, 0.2) is 17.2 Å². The van der Waals surface area contributed by atoms with E-state index in [-0.39, 0.29) is 22.9 Å². The number of carbonyl (C=O) groups is 1. The van der Waals surface area contributed by atoms with E-state index in [4.69, 9.17) is 21.1 Å². The maximum Gasteiger partial charge on any atom is 0.260 e. The summed E-state index contributed by atoms with van der Waals surface area (Å²) in [6.45, 7) is 5.10. The Morgan fingerprint density at radius 3 is 2.68 bits per heavy atom. The normalized spacial score (nSPS) is 14.0. The van der Waals surface area contributed by atoms with Crippen LogP contribution in [-0.2, 0) is 13.2 Å². The van der Waals surface area contributed by atoms with Gasteiger partial charge < -0.3 is 20.1 Å². The number of aromatic nitrogens is 3. The average molecular weight is 525 g/mol. The zero-order valence-electron chi connectivity index (χ0n) is 20.2. The van der Waals surface area contributed by atoms with Crippen molar-refractivity contribution in [2.75, 3.05) is 38.6 Å². The van der Waals surface area contributed by atoms with Gasteiger partial charge in [-0.2, -0.15) is 0 Å². The molecule has 0 atom stereocenters. The Labute approximate surface area is 217 Å². The van der Waals surface area contributed by atoms with Crippen LogP contribution in [0, 0.1) is 5.82 Å². The quantitative estimate of drug-likeness (QED) is 0.320. The molecule has 2 aromatic heterocycles. The molecule has 9 nitrogen and oxygen atoms in total. The van der Waals surface area contributed by atoms with Crippen LogP contribution in [0.5, 0.6) is 11.6 Å². The van der Waals surface area contributed by atoms with E-state index in [1.165, 1.54) is 31.0 Å². The molecule has 1 fully saturated rings. The Hall–Kier alpha value is -3.73. The molecule has 4 aromatic rings. The molecular weight excluding hydrogens is 499 g/mol. The van der Waals surface area contributed by atoms with Crippen molar-refractivity contribution in [3.05, 3.63) is 76.2 Å². The lowest BCUT2D eigenvalue weighted by atomic mass is 10.1. The Morgan fingerprint density at radius 2 is 1.92 bits per heavy atom. The number of piperazine rings is 1. The third kappa shape index (κ3) is 5.66. The minimum Gasteiger partial charge on any atom is -0.486 e. The third-order valence-electron chi connectivity index (χ3n) is 6.15. The van der Waals surface area contributed by atoms with E-state index in [9.17, 15) is 4.79 Å². The number of aromatic amines is 1. The van der Waals surface area contributed by atoms with Crippen molar-refractivity contribution in [2.45, 2.75) is 13.2 Å². The highest BCUT2D eigenvalue weighted by Crippen LogP contribution is 2.30. The summed E-state index contributed by atoms with van der Waals surface area (Å²) >= 11 is 6.19. The minimum absolute atomic E-state index is 0.0328.